The lowest BCUT2D eigenvalue weighted by Crippen LogP contribution is -2.53. The zero-order valence-corrected chi connectivity index (χ0v) is 14.4. The van der Waals surface area contributed by atoms with E-state index in [1.54, 1.807) is 17.0 Å². The minimum Gasteiger partial charge on any atom is -0.394 e. The minimum atomic E-state index is -0.950. The summed E-state index contributed by atoms with van der Waals surface area (Å²) in [5, 5.41) is 12.1. The normalized spacial score (nSPS) is 15.3. The van der Waals surface area contributed by atoms with Gasteiger partial charge in [-0.05, 0) is 23.3 Å². The van der Waals surface area contributed by atoms with Crippen molar-refractivity contribution in [2.45, 2.75) is 6.04 Å². The predicted molar refractivity (Wildman–Crippen MR) is 97.6 cm³/mol. The van der Waals surface area contributed by atoms with E-state index in [2.05, 4.69) is 5.32 Å². The number of morpholine rings is 1. The summed E-state index contributed by atoms with van der Waals surface area (Å²) in [7, 11) is 0. The van der Waals surface area contributed by atoms with E-state index >= 15 is 0 Å². The van der Waals surface area contributed by atoms with Crippen molar-refractivity contribution in [2.24, 2.45) is 0 Å². The summed E-state index contributed by atoms with van der Waals surface area (Å²) in [4.78, 5) is 26.5. The molecule has 0 unspecified atom stereocenters. The Balaban J connectivity index is 1.65. The molecule has 1 aliphatic heterocycles. The smallest absolute Gasteiger partial charge is 0.251 e. The second kappa shape index (κ2) is 8.60. The van der Waals surface area contributed by atoms with E-state index in [0.29, 0.717) is 31.9 Å². The highest BCUT2D eigenvalue weighted by Crippen LogP contribution is 2.19. The number of hydrogen-bond acceptors (Lipinski definition) is 4. The molecule has 0 spiro atoms. The second-order valence-electron chi connectivity index (χ2n) is 6.09. The Morgan fingerprint density at radius 2 is 1.62 bits per heavy atom. The first-order valence-corrected chi connectivity index (χ1v) is 8.63. The van der Waals surface area contributed by atoms with Gasteiger partial charge in [0.2, 0.25) is 5.91 Å². The summed E-state index contributed by atoms with van der Waals surface area (Å²) in [6, 6.07) is 16.1. The topological polar surface area (TPSA) is 78.9 Å². The number of nitrogens with one attached hydrogen (secondary N) is 1. The molecule has 2 aromatic rings. The molecule has 0 radical (unpaired) electrons. The van der Waals surface area contributed by atoms with Crippen LogP contribution < -0.4 is 5.32 Å². The first-order valence-electron chi connectivity index (χ1n) is 8.63. The van der Waals surface area contributed by atoms with Gasteiger partial charge in [0.05, 0.1) is 19.8 Å². The van der Waals surface area contributed by atoms with Gasteiger partial charge in [-0.15, -0.1) is 0 Å². The number of benzene rings is 2. The van der Waals surface area contributed by atoms with Crippen LogP contribution in [0.25, 0.3) is 11.1 Å². The molecule has 3 rings (SSSR count). The highest BCUT2D eigenvalue weighted by atomic mass is 16.5. The number of carbonyl (C=O) groups excluding carboxylic acids is 2. The third kappa shape index (κ3) is 4.28. The van der Waals surface area contributed by atoms with Gasteiger partial charge >= 0.3 is 0 Å². The molecule has 2 amide bonds. The van der Waals surface area contributed by atoms with Crippen LogP contribution in [0.1, 0.15) is 10.4 Å². The number of rotatable bonds is 5. The van der Waals surface area contributed by atoms with Crippen LogP contribution in [0.4, 0.5) is 0 Å². The van der Waals surface area contributed by atoms with E-state index in [4.69, 9.17) is 4.74 Å². The average Bonchev–Trinajstić information content (AvgIpc) is 2.72. The zero-order valence-electron chi connectivity index (χ0n) is 14.4. The molecule has 0 aliphatic carbocycles. The summed E-state index contributed by atoms with van der Waals surface area (Å²) < 4.78 is 5.22. The SMILES string of the molecule is O=C(N[C@@H](CO)C(=O)N1CCOCC1)c1ccc(-c2ccccc2)cc1. The summed E-state index contributed by atoms with van der Waals surface area (Å²) >= 11 is 0. The third-order valence-corrected chi connectivity index (χ3v) is 4.36. The van der Waals surface area contributed by atoms with Gasteiger partial charge in [-0.1, -0.05) is 42.5 Å². The first kappa shape index (κ1) is 18.1. The Labute approximate surface area is 152 Å². The van der Waals surface area contributed by atoms with E-state index < -0.39 is 12.6 Å². The molecule has 0 aromatic heterocycles. The van der Waals surface area contributed by atoms with Crippen molar-refractivity contribution in [2.75, 3.05) is 32.9 Å². The molecular formula is C20H22N2O4. The number of carbonyl (C=O) groups is 2. The largest absolute Gasteiger partial charge is 0.394 e. The number of ether oxygens (including phenoxy) is 1. The molecule has 136 valence electrons. The molecule has 1 aliphatic rings. The van der Waals surface area contributed by atoms with Crippen molar-refractivity contribution in [1.29, 1.82) is 0 Å². The number of amides is 2. The van der Waals surface area contributed by atoms with Crippen molar-refractivity contribution in [3.05, 3.63) is 60.2 Å². The van der Waals surface area contributed by atoms with Crippen LogP contribution in [-0.2, 0) is 9.53 Å². The Hall–Kier alpha value is -2.70. The number of nitrogens with zero attached hydrogens (tertiary/aromatic N) is 1. The third-order valence-electron chi connectivity index (χ3n) is 4.36. The molecule has 0 bridgehead atoms. The lowest BCUT2D eigenvalue weighted by Gasteiger charge is -2.30. The Morgan fingerprint density at radius 3 is 2.23 bits per heavy atom. The van der Waals surface area contributed by atoms with Gasteiger partial charge in [-0.25, -0.2) is 0 Å². The average molecular weight is 354 g/mol. The fraction of sp³-hybridized carbons (Fsp3) is 0.300. The van der Waals surface area contributed by atoms with Gasteiger partial charge in [0, 0.05) is 18.7 Å². The highest BCUT2D eigenvalue weighted by molar-refractivity contribution is 5.98. The molecular weight excluding hydrogens is 332 g/mol. The Bertz CT molecular complexity index is 740. The van der Waals surface area contributed by atoms with Crippen molar-refractivity contribution >= 4 is 11.8 Å². The van der Waals surface area contributed by atoms with Crippen LogP contribution >= 0.6 is 0 Å². The second-order valence-corrected chi connectivity index (χ2v) is 6.09. The molecule has 1 fully saturated rings. The lowest BCUT2D eigenvalue weighted by molar-refractivity contribution is -0.138. The molecule has 1 atom stereocenters. The maximum atomic E-state index is 12.4. The van der Waals surface area contributed by atoms with Crippen LogP contribution in [0, 0.1) is 0 Å². The highest BCUT2D eigenvalue weighted by Gasteiger charge is 2.26. The van der Waals surface area contributed by atoms with E-state index in [0.717, 1.165) is 11.1 Å². The molecule has 6 heteroatoms. The van der Waals surface area contributed by atoms with Gasteiger partial charge in [-0.3, -0.25) is 9.59 Å². The number of aliphatic hydroxyl groups is 1. The molecule has 6 nitrogen and oxygen atoms in total. The summed E-state index contributed by atoms with van der Waals surface area (Å²) in [5.74, 6) is -0.671. The van der Waals surface area contributed by atoms with Crippen molar-refractivity contribution < 1.29 is 19.4 Å². The molecule has 2 aromatic carbocycles. The fourth-order valence-electron chi connectivity index (χ4n) is 2.88. The summed E-state index contributed by atoms with van der Waals surface area (Å²) in [5.41, 5.74) is 2.51. The van der Waals surface area contributed by atoms with E-state index in [1.165, 1.54) is 0 Å². The Morgan fingerprint density at radius 1 is 1.00 bits per heavy atom. The van der Waals surface area contributed by atoms with Crippen LogP contribution in [-0.4, -0.2) is 60.8 Å². The molecule has 1 saturated heterocycles. The van der Waals surface area contributed by atoms with Gasteiger partial charge < -0.3 is 20.1 Å². The molecule has 2 N–H and O–H groups in total. The van der Waals surface area contributed by atoms with Gasteiger partial charge in [0.1, 0.15) is 6.04 Å². The zero-order chi connectivity index (χ0) is 18.4. The van der Waals surface area contributed by atoms with Gasteiger partial charge in [-0.2, -0.15) is 0 Å². The quantitative estimate of drug-likeness (QED) is 0.848. The van der Waals surface area contributed by atoms with E-state index in [1.807, 2.05) is 42.5 Å². The van der Waals surface area contributed by atoms with E-state index in [-0.39, 0.29) is 11.8 Å². The number of aliphatic hydroxyl groups excluding tert-OH is 1. The minimum absolute atomic E-state index is 0.287. The fourth-order valence-corrected chi connectivity index (χ4v) is 2.88. The monoisotopic (exact) mass is 354 g/mol. The Kier molecular flexibility index (Phi) is 5.99. The maximum Gasteiger partial charge on any atom is 0.251 e. The van der Waals surface area contributed by atoms with Crippen molar-refractivity contribution in [3.8, 4) is 11.1 Å². The van der Waals surface area contributed by atoms with E-state index in [9.17, 15) is 14.7 Å². The summed E-state index contributed by atoms with van der Waals surface area (Å²) in [6.45, 7) is 1.44. The van der Waals surface area contributed by atoms with Gasteiger partial charge in [0.15, 0.2) is 0 Å². The number of hydrogen-bond donors (Lipinski definition) is 2. The first-order chi connectivity index (χ1) is 12.7. The lowest BCUT2D eigenvalue weighted by atomic mass is 10.0. The van der Waals surface area contributed by atoms with Crippen LogP contribution in [0.15, 0.2) is 54.6 Å². The maximum absolute atomic E-state index is 12.4. The van der Waals surface area contributed by atoms with Crippen LogP contribution in [0.2, 0.25) is 0 Å². The van der Waals surface area contributed by atoms with Crippen LogP contribution in [0.3, 0.4) is 0 Å². The molecule has 26 heavy (non-hydrogen) atoms. The van der Waals surface area contributed by atoms with Crippen molar-refractivity contribution in [1.82, 2.24) is 10.2 Å². The summed E-state index contributed by atoms with van der Waals surface area (Å²) in [6.07, 6.45) is 0. The predicted octanol–water partition coefficient (Wildman–Crippen LogP) is 1.30. The molecule has 0 saturated carbocycles. The standard InChI is InChI=1S/C20H22N2O4/c23-14-18(20(25)22-10-12-26-13-11-22)21-19(24)17-8-6-16(7-9-17)15-4-2-1-3-5-15/h1-9,18,23H,10-14H2,(H,21,24)/t18-/m0/s1. The van der Waals surface area contributed by atoms with Gasteiger partial charge in [0.25, 0.3) is 5.91 Å². The molecule has 1 heterocycles. The van der Waals surface area contributed by atoms with Crippen LogP contribution in [0.5, 0.6) is 0 Å². The van der Waals surface area contributed by atoms with Crippen molar-refractivity contribution in [3.63, 3.8) is 0 Å².